The average Bonchev–Trinajstić information content (AvgIpc) is 2.39. The lowest BCUT2D eigenvalue weighted by atomic mass is 9.87. The van der Waals surface area contributed by atoms with E-state index in [0.717, 1.165) is 19.5 Å². The van der Waals surface area contributed by atoms with E-state index in [4.69, 9.17) is 0 Å². The van der Waals surface area contributed by atoms with Gasteiger partial charge >= 0.3 is 0 Å². The van der Waals surface area contributed by atoms with E-state index in [-0.39, 0.29) is 17.9 Å². The van der Waals surface area contributed by atoms with Gasteiger partial charge in [-0.1, -0.05) is 18.2 Å². The maximum atomic E-state index is 12.5. The smallest absolute Gasteiger partial charge is 0.228 e. The Labute approximate surface area is 109 Å². The molecule has 1 aromatic rings. The Hall–Kier alpha value is -1.51. The maximum absolute atomic E-state index is 12.5. The minimum absolute atomic E-state index is 0.0554. The van der Waals surface area contributed by atoms with Gasteiger partial charge in [0.1, 0.15) is 0 Å². The van der Waals surface area contributed by atoms with Crippen molar-refractivity contribution in [2.45, 2.75) is 33.2 Å². The molecule has 0 aliphatic carbocycles. The van der Waals surface area contributed by atoms with Gasteiger partial charge in [0.05, 0.1) is 5.92 Å². The third-order valence-electron chi connectivity index (χ3n) is 3.84. The monoisotopic (exact) mass is 246 g/mol. The van der Waals surface area contributed by atoms with Crippen molar-refractivity contribution in [3.63, 3.8) is 0 Å². The predicted molar refractivity (Wildman–Crippen MR) is 74.6 cm³/mol. The van der Waals surface area contributed by atoms with Gasteiger partial charge in [0.25, 0.3) is 0 Å². The topological polar surface area (TPSA) is 32.3 Å². The molecule has 1 amide bonds. The number of anilines is 1. The molecule has 0 saturated heterocycles. The molecule has 2 unspecified atom stereocenters. The van der Waals surface area contributed by atoms with Crippen LogP contribution in [0.4, 0.5) is 5.69 Å². The maximum Gasteiger partial charge on any atom is 0.228 e. The van der Waals surface area contributed by atoms with E-state index in [0.29, 0.717) is 0 Å². The fourth-order valence-corrected chi connectivity index (χ4v) is 2.67. The molecule has 1 N–H and O–H groups in total. The summed E-state index contributed by atoms with van der Waals surface area (Å²) in [7, 11) is 0. The Balaban J connectivity index is 2.19. The van der Waals surface area contributed by atoms with Gasteiger partial charge in [-0.15, -0.1) is 0 Å². The Morgan fingerprint density at radius 2 is 2.00 bits per heavy atom. The Kier molecular flexibility index (Phi) is 3.90. The predicted octanol–water partition coefficient (Wildman–Crippen LogP) is 2.53. The highest BCUT2D eigenvalue weighted by Gasteiger charge is 2.32. The number of rotatable bonds is 3. The highest BCUT2D eigenvalue weighted by Crippen LogP contribution is 2.29. The summed E-state index contributed by atoms with van der Waals surface area (Å²) in [4.78, 5) is 14.4. The number of para-hydroxylation sites is 1. The molecular weight excluding hydrogens is 224 g/mol. The van der Waals surface area contributed by atoms with E-state index in [1.807, 2.05) is 30.9 Å². The van der Waals surface area contributed by atoms with Crippen LogP contribution in [0.5, 0.6) is 0 Å². The van der Waals surface area contributed by atoms with Crippen molar-refractivity contribution in [1.29, 1.82) is 0 Å². The van der Waals surface area contributed by atoms with Crippen LogP contribution in [-0.2, 0) is 11.2 Å². The number of hydrogen-bond donors (Lipinski definition) is 1. The molecule has 3 nitrogen and oxygen atoms in total. The summed E-state index contributed by atoms with van der Waals surface area (Å²) < 4.78 is 0. The number of nitrogens with zero attached hydrogens (tertiary/aromatic N) is 1. The lowest BCUT2D eigenvalue weighted by Gasteiger charge is -2.34. The Morgan fingerprint density at radius 1 is 1.33 bits per heavy atom. The quantitative estimate of drug-likeness (QED) is 0.889. The van der Waals surface area contributed by atoms with Crippen molar-refractivity contribution in [2.75, 3.05) is 18.4 Å². The Bertz CT molecular complexity index is 426. The molecule has 2 rings (SSSR count). The average molecular weight is 246 g/mol. The zero-order valence-electron chi connectivity index (χ0n) is 11.4. The molecule has 0 spiro atoms. The molecule has 2 atom stereocenters. The van der Waals surface area contributed by atoms with Crippen LogP contribution in [0.3, 0.4) is 0 Å². The molecule has 0 bridgehead atoms. The Morgan fingerprint density at radius 3 is 2.67 bits per heavy atom. The minimum atomic E-state index is 0.0554. The molecular formula is C15H22N2O. The first-order valence-electron chi connectivity index (χ1n) is 6.80. The second-order valence-electron chi connectivity index (χ2n) is 4.91. The van der Waals surface area contributed by atoms with Crippen LogP contribution in [0.15, 0.2) is 24.3 Å². The first kappa shape index (κ1) is 12.9. The zero-order chi connectivity index (χ0) is 13.1. The molecule has 1 heterocycles. The van der Waals surface area contributed by atoms with Crippen LogP contribution >= 0.6 is 0 Å². The number of carbonyl (C=O) groups excluding carboxylic acids is 1. The second-order valence-corrected chi connectivity index (χ2v) is 4.91. The molecule has 3 heteroatoms. The lowest BCUT2D eigenvalue weighted by Crippen LogP contribution is -2.45. The van der Waals surface area contributed by atoms with Crippen LogP contribution in [-0.4, -0.2) is 29.9 Å². The molecule has 0 saturated carbocycles. The van der Waals surface area contributed by atoms with Crippen LogP contribution < -0.4 is 5.32 Å². The highest BCUT2D eigenvalue weighted by atomic mass is 16.2. The molecule has 1 aliphatic heterocycles. The number of hydrogen-bond acceptors (Lipinski definition) is 2. The molecule has 0 aromatic heterocycles. The largest absolute Gasteiger partial charge is 0.382 e. The summed E-state index contributed by atoms with van der Waals surface area (Å²) in [6.45, 7) is 7.76. The van der Waals surface area contributed by atoms with Crippen molar-refractivity contribution in [2.24, 2.45) is 5.92 Å². The van der Waals surface area contributed by atoms with E-state index in [1.54, 1.807) is 0 Å². The number of fused-ring (bicyclic) bond motifs is 1. The molecule has 1 aliphatic rings. The highest BCUT2D eigenvalue weighted by molar-refractivity contribution is 5.81. The van der Waals surface area contributed by atoms with Crippen LogP contribution in [0, 0.1) is 5.92 Å². The van der Waals surface area contributed by atoms with Gasteiger partial charge in [-0.2, -0.15) is 0 Å². The van der Waals surface area contributed by atoms with Crippen molar-refractivity contribution < 1.29 is 4.79 Å². The summed E-state index contributed by atoms with van der Waals surface area (Å²) in [5.41, 5.74) is 2.43. The fourth-order valence-electron chi connectivity index (χ4n) is 2.67. The second kappa shape index (κ2) is 5.42. The summed E-state index contributed by atoms with van der Waals surface area (Å²) in [6.07, 6.45) is 0.847. The third kappa shape index (κ3) is 2.35. The normalized spacial score (nSPS) is 21.9. The van der Waals surface area contributed by atoms with E-state index in [1.165, 1.54) is 11.3 Å². The standard InChI is InChI=1S/C15H22N2O/c1-4-17(5-2)15(18)13-10-12-8-6-7-9-14(12)16-11(13)3/h6-9,11,13,16H,4-5,10H2,1-3H3. The van der Waals surface area contributed by atoms with Crippen molar-refractivity contribution in [1.82, 2.24) is 4.90 Å². The zero-order valence-corrected chi connectivity index (χ0v) is 11.4. The van der Waals surface area contributed by atoms with Crippen LogP contribution in [0.1, 0.15) is 26.3 Å². The lowest BCUT2D eigenvalue weighted by molar-refractivity contribution is -0.135. The van der Waals surface area contributed by atoms with Crippen molar-refractivity contribution in [3.8, 4) is 0 Å². The number of benzene rings is 1. The summed E-state index contributed by atoms with van der Waals surface area (Å²) in [6, 6.07) is 8.47. The number of amides is 1. The summed E-state index contributed by atoms with van der Waals surface area (Å²) in [5, 5.41) is 3.45. The van der Waals surface area contributed by atoms with Gasteiger partial charge < -0.3 is 10.2 Å². The summed E-state index contributed by atoms with van der Waals surface area (Å²) >= 11 is 0. The van der Waals surface area contributed by atoms with Crippen molar-refractivity contribution in [3.05, 3.63) is 29.8 Å². The molecule has 0 fully saturated rings. The van der Waals surface area contributed by atoms with Gasteiger partial charge in [0, 0.05) is 24.8 Å². The van der Waals surface area contributed by atoms with Gasteiger partial charge in [0.15, 0.2) is 0 Å². The van der Waals surface area contributed by atoms with E-state index in [2.05, 4.69) is 24.4 Å². The fraction of sp³-hybridized carbons (Fsp3) is 0.533. The number of carbonyl (C=O) groups is 1. The van der Waals surface area contributed by atoms with Gasteiger partial charge in [-0.25, -0.2) is 0 Å². The van der Waals surface area contributed by atoms with Crippen molar-refractivity contribution >= 4 is 11.6 Å². The van der Waals surface area contributed by atoms with Gasteiger partial charge in [-0.3, -0.25) is 4.79 Å². The third-order valence-corrected chi connectivity index (χ3v) is 3.84. The molecule has 0 radical (unpaired) electrons. The molecule has 1 aromatic carbocycles. The molecule has 98 valence electrons. The van der Waals surface area contributed by atoms with Gasteiger partial charge in [0.2, 0.25) is 5.91 Å². The van der Waals surface area contributed by atoms with Crippen LogP contribution in [0.25, 0.3) is 0 Å². The van der Waals surface area contributed by atoms with E-state index >= 15 is 0 Å². The summed E-state index contributed by atoms with van der Waals surface area (Å²) in [5.74, 6) is 0.328. The SMILES string of the molecule is CCN(CC)C(=O)C1Cc2ccccc2NC1C. The molecule has 18 heavy (non-hydrogen) atoms. The van der Waals surface area contributed by atoms with Gasteiger partial charge in [-0.05, 0) is 38.8 Å². The van der Waals surface area contributed by atoms with Crippen LogP contribution in [0.2, 0.25) is 0 Å². The van der Waals surface area contributed by atoms with E-state index in [9.17, 15) is 4.79 Å². The van der Waals surface area contributed by atoms with E-state index < -0.39 is 0 Å². The number of nitrogens with one attached hydrogen (secondary N) is 1. The first-order valence-corrected chi connectivity index (χ1v) is 6.80. The first-order chi connectivity index (χ1) is 8.67. The minimum Gasteiger partial charge on any atom is -0.382 e.